The van der Waals surface area contributed by atoms with E-state index in [1.165, 1.54) is 11.1 Å². The van der Waals surface area contributed by atoms with Crippen molar-refractivity contribution in [1.29, 1.82) is 0 Å². The van der Waals surface area contributed by atoms with Gasteiger partial charge in [-0.15, -0.1) is 24.0 Å². The van der Waals surface area contributed by atoms with Crippen LogP contribution in [0.15, 0.2) is 71.6 Å². The number of halogens is 1. The summed E-state index contributed by atoms with van der Waals surface area (Å²) in [6.45, 7) is 4.64. The highest BCUT2D eigenvalue weighted by Gasteiger charge is 2.17. The molecule has 0 amide bonds. The van der Waals surface area contributed by atoms with Crippen molar-refractivity contribution in [1.82, 2.24) is 24.8 Å². The van der Waals surface area contributed by atoms with Crippen LogP contribution in [0.2, 0.25) is 0 Å². The van der Waals surface area contributed by atoms with Crippen molar-refractivity contribution >= 4 is 36.0 Å². The number of hydrogen-bond donors (Lipinski definition) is 1. The molecule has 2 aromatic heterocycles. The molecule has 3 aromatic rings. The lowest BCUT2D eigenvalue weighted by atomic mass is 10.0. The third-order valence-corrected chi connectivity index (χ3v) is 5.42. The van der Waals surface area contributed by atoms with Gasteiger partial charge in [-0.05, 0) is 37.0 Å². The standard InChI is InChI=1S/C24H28N6.HI/c1-19-26-12-15-30(19)23-9-8-22(17-27-23)18-28-24(25-2)29-13-10-21(11-14-29)16-20-6-4-3-5-7-20;/h3-9,12,15-17H,10-11,13-14,18H2,1-2H3,(H,25,28);1H. The number of nitrogens with one attached hydrogen (secondary N) is 1. The summed E-state index contributed by atoms with van der Waals surface area (Å²) in [7, 11) is 1.85. The second kappa shape index (κ2) is 11.1. The number of piperidine rings is 1. The zero-order valence-electron chi connectivity index (χ0n) is 18.0. The number of aryl methyl sites for hydroxylation is 1. The molecule has 0 bridgehead atoms. The Hall–Kier alpha value is -2.68. The van der Waals surface area contributed by atoms with E-state index in [1.54, 1.807) is 6.20 Å². The highest BCUT2D eigenvalue weighted by molar-refractivity contribution is 14.0. The van der Waals surface area contributed by atoms with E-state index in [9.17, 15) is 0 Å². The minimum Gasteiger partial charge on any atom is -0.352 e. The largest absolute Gasteiger partial charge is 0.352 e. The van der Waals surface area contributed by atoms with Crippen LogP contribution in [0.4, 0.5) is 0 Å². The Labute approximate surface area is 201 Å². The third kappa shape index (κ3) is 5.94. The topological polar surface area (TPSA) is 58.3 Å². The van der Waals surface area contributed by atoms with Gasteiger partial charge in [0.1, 0.15) is 11.6 Å². The van der Waals surface area contributed by atoms with Crippen LogP contribution in [0.25, 0.3) is 11.9 Å². The highest BCUT2D eigenvalue weighted by Crippen LogP contribution is 2.19. The van der Waals surface area contributed by atoms with E-state index in [0.29, 0.717) is 6.54 Å². The summed E-state index contributed by atoms with van der Waals surface area (Å²) in [5, 5.41) is 3.48. The van der Waals surface area contributed by atoms with Crippen molar-refractivity contribution in [3.05, 3.63) is 83.6 Å². The van der Waals surface area contributed by atoms with Gasteiger partial charge in [-0.1, -0.05) is 48.0 Å². The third-order valence-electron chi connectivity index (χ3n) is 5.42. The summed E-state index contributed by atoms with van der Waals surface area (Å²) in [4.78, 5) is 15.6. The van der Waals surface area contributed by atoms with Gasteiger partial charge in [0.15, 0.2) is 5.96 Å². The van der Waals surface area contributed by atoms with Gasteiger partial charge in [-0.2, -0.15) is 0 Å². The number of hydrogen-bond acceptors (Lipinski definition) is 3. The fraction of sp³-hybridized carbons (Fsp3) is 0.292. The lowest BCUT2D eigenvalue weighted by molar-refractivity contribution is 0.375. The number of rotatable bonds is 4. The molecule has 6 nitrogen and oxygen atoms in total. The summed E-state index contributed by atoms with van der Waals surface area (Å²) in [6, 6.07) is 14.7. The highest BCUT2D eigenvalue weighted by atomic mass is 127. The zero-order valence-corrected chi connectivity index (χ0v) is 20.4. The number of pyridine rings is 1. The number of imidazole rings is 1. The van der Waals surface area contributed by atoms with E-state index in [0.717, 1.165) is 49.1 Å². The molecule has 7 heteroatoms. The molecule has 3 heterocycles. The van der Waals surface area contributed by atoms with E-state index in [2.05, 4.69) is 67.7 Å². The number of aromatic nitrogens is 3. The maximum absolute atomic E-state index is 4.57. The number of nitrogens with zero attached hydrogens (tertiary/aromatic N) is 5. The number of likely N-dealkylation sites (tertiary alicyclic amines) is 1. The summed E-state index contributed by atoms with van der Waals surface area (Å²) in [5.41, 5.74) is 3.91. The maximum atomic E-state index is 4.57. The summed E-state index contributed by atoms with van der Waals surface area (Å²) >= 11 is 0. The molecule has 31 heavy (non-hydrogen) atoms. The van der Waals surface area contributed by atoms with Crippen LogP contribution in [-0.4, -0.2) is 45.5 Å². The molecule has 1 saturated heterocycles. The maximum Gasteiger partial charge on any atom is 0.193 e. The zero-order chi connectivity index (χ0) is 20.8. The molecule has 1 N–H and O–H groups in total. The van der Waals surface area contributed by atoms with Crippen molar-refractivity contribution in [2.24, 2.45) is 4.99 Å². The molecular formula is C24H29IN6. The second-order valence-electron chi connectivity index (χ2n) is 7.47. The Morgan fingerprint density at radius 1 is 1.10 bits per heavy atom. The first-order valence-electron chi connectivity index (χ1n) is 10.4. The van der Waals surface area contributed by atoms with Gasteiger partial charge in [0.05, 0.1) is 0 Å². The van der Waals surface area contributed by atoms with Crippen LogP contribution >= 0.6 is 24.0 Å². The molecule has 1 aliphatic rings. The predicted octanol–water partition coefficient (Wildman–Crippen LogP) is 4.45. The number of aliphatic imine (C=N–C) groups is 1. The van der Waals surface area contributed by atoms with Crippen LogP contribution in [-0.2, 0) is 6.54 Å². The molecule has 4 rings (SSSR count). The van der Waals surface area contributed by atoms with Crippen LogP contribution in [0.1, 0.15) is 29.8 Å². The Kier molecular flexibility index (Phi) is 8.22. The van der Waals surface area contributed by atoms with Crippen molar-refractivity contribution in [2.75, 3.05) is 20.1 Å². The predicted molar refractivity (Wildman–Crippen MR) is 137 cm³/mol. The SMILES string of the molecule is CN=C(NCc1ccc(-n2ccnc2C)nc1)N1CCC(=Cc2ccccc2)CC1.I. The van der Waals surface area contributed by atoms with Gasteiger partial charge in [0, 0.05) is 45.3 Å². The van der Waals surface area contributed by atoms with Gasteiger partial charge < -0.3 is 10.2 Å². The van der Waals surface area contributed by atoms with Gasteiger partial charge in [0.2, 0.25) is 0 Å². The number of benzene rings is 1. The van der Waals surface area contributed by atoms with Gasteiger partial charge in [-0.25, -0.2) is 9.97 Å². The monoisotopic (exact) mass is 528 g/mol. The molecule has 162 valence electrons. The summed E-state index contributed by atoms with van der Waals surface area (Å²) < 4.78 is 1.98. The molecule has 1 aromatic carbocycles. The van der Waals surface area contributed by atoms with Crippen molar-refractivity contribution in [2.45, 2.75) is 26.3 Å². The molecule has 0 aliphatic carbocycles. The molecule has 1 fully saturated rings. The van der Waals surface area contributed by atoms with Crippen molar-refractivity contribution < 1.29 is 0 Å². The normalized spacial score (nSPS) is 14.2. The quantitative estimate of drug-likeness (QED) is 0.309. The van der Waals surface area contributed by atoms with Gasteiger partial charge >= 0.3 is 0 Å². The first-order valence-corrected chi connectivity index (χ1v) is 10.4. The minimum absolute atomic E-state index is 0. The molecular weight excluding hydrogens is 499 g/mol. The lowest BCUT2D eigenvalue weighted by Gasteiger charge is -2.31. The molecule has 0 radical (unpaired) electrons. The smallest absolute Gasteiger partial charge is 0.193 e. The van der Waals surface area contributed by atoms with Crippen molar-refractivity contribution in [3.63, 3.8) is 0 Å². The fourth-order valence-corrected chi connectivity index (χ4v) is 3.73. The Morgan fingerprint density at radius 2 is 1.87 bits per heavy atom. The average molecular weight is 528 g/mol. The molecule has 0 unspecified atom stereocenters. The first-order chi connectivity index (χ1) is 14.7. The van der Waals surface area contributed by atoms with E-state index in [1.807, 2.05) is 37.0 Å². The van der Waals surface area contributed by atoms with Gasteiger partial charge in [-0.3, -0.25) is 9.56 Å². The van der Waals surface area contributed by atoms with Crippen LogP contribution in [0, 0.1) is 6.92 Å². The lowest BCUT2D eigenvalue weighted by Crippen LogP contribution is -2.44. The van der Waals surface area contributed by atoms with E-state index >= 15 is 0 Å². The van der Waals surface area contributed by atoms with Gasteiger partial charge in [0.25, 0.3) is 0 Å². The summed E-state index contributed by atoms with van der Waals surface area (Å²) in [6.07, 6.45) is 10.1. The Bertz CT molecular complexity index is 1010. The van der Waals surface area contributed by atoms with Crippen LogP contribution in [0.5, 0.6) is 0 Å². The fourth-order valence-electron chi connectivity index (χ4n) is 3.73. The Balaban J connectivity index is 0.00000272. The van der Waals surface area contributed by atoms with E-state index in [4.69, 9.17) is 0 Å². The summed E-state index contributed by atoms with van der Waals surface area (Å²) in [5.74, 6) is 2.76. The minimum atomic E-state index is 0. The number of guanidine groups is 1. The molecule has 0 spiro atoms. The first kappa shape index (κ1) is 23.0. The molecule has 0 atom stereocenters. The van der Waals surface area contributed by atoms with E-state index < -0.39 is 0 Å². The molecule has 0 saturated carbocycles. The average Bonchev–Trinajstić information content (AvgIpc) is 3.22. The Morgan fingerprint density at radius 3 is 2.48 bits per heavy atom. The second-order valence-corrected chi connectivity index (χ2v) is 7.47. The van der Waals surface area contributed by atoms with Crippen molar-refractivity contribution in [3.8, 4) is 5.82 Å². The van der Waals surface area contributed by atoms with E-state index in [-0.39, 0.29) is 24.0 Å². The van der Waals surface area contributed by atoms with Crippen LogP contribution < -0.4 is 5.32 Å². The van der Waals surface area contributed by atoms with Crippen LogP contribution in [0.3, 0.4) is 0 Å². The molecule has 1 aliphatic heterocycles.